The number of allylic oxidation sites excluding steroid dienone is 1. The highest BCUT2D eigenvalue weighted by atomic mass is 16.3. The summed E-state index contributed by atoms with van der Waals surface area (Å²) < 4.78 is 0. The molecule has 0 aliphatic heterocycles. The van der Waals surface area contributed by atoms with Crippen molar-refractivity contribution in [2.24, 2.45) is 34.5 Å². The van der Waals surface area contributed by atoms with Gasteiger partial charge >= 0.3 is 0 Å². The molecule has 3 fully saturated rings. The van der Waals surface area contributed by atoms with Gasteiger partial charge in [-0.15, -0.1) is 0 Å². The Balaban J connectivity index is 1.77. The third-order valence-electron chi connectivity index (χ3n) is 8.00. The molecular formula is C20H30O2. The molecule has 1 N–H and O–H groups in total. The predicted molar refractivity (Wildman–Crippen MR) is 87.3 cm³/mol. The number of carbonyl (C=O) groups is 1. The lowest BCUT2D eigenvalue weighted by molar-refractivity contribution is -0.127. The number of hydrogen-bond donors (Lipinski definition) is 1. The molecule has 0 bridgehead atoms. The first-order valence-electron chi connectivity index (χ1n) is 9.36. The van der Waals surface area contributed by atoms with Gasteiger partial charge in [-0.05, 0) is 74.0 Å². The normalized spacial score (nSPS) is 54.0. The maximum Gasteiger partial charge on any atom is 0.130 e. The molecule has 122 valence electrons. The van der Waals surface area contributed by atoms with E-state index in [-0.39, 0.29) is 11.5 Å². The van der Waals surface area contributed by atoms with Crippen LogP contribution >= 0.6 is 0 Å². The van der Waals surface area contributed by atoms with Gasteiger partial charge < -0.3 is 9.90 Å². The molecule has 1 unspecified atom stereocenters. The van der Waals surface area contributed by atoms with Crippen LogP contribution in [0.1, 0.15) is 65.2 Å². The Morgan fingerprint density at radius 3 is 2.77 bits per heavy atom. The Morgan fingerprint density at radius 2 is 2.00 bits per heavy atom. The highest BCUT2D eigenvalue weighted by Crippen LogP contribution is 2.65. The van der Waals surface area contributed by atoms with Crippen molar-refractivity contribution < 1.29 is 9.90 Å². The van der Waals surface area contributed by atoms with E-state index in [4.69, 9.17) is 0 Å². The minimum Gasteiger partial charge on any atom is -0.393 e. The molecule has 0 amide bonds. The average Bonchev–Trinajstić information content (AvgIpc) is 2.88. The molecule has 4 rings (SSSR count). The summed E-state index contributed by atoms with van der Waals surface area (Å²) >= 11 is 0. The zero-order chi connectivity index (χ0) is 15.5. The largest absolute Gasteiger partial charge is 0.393 e. The predicted octanol–water partition coefficient (Wildman–Crippen LogP) is 4.13. The molecular weight excluding hydrogens is 272 g/mol. The van der Waals surface area contributed by atoms with Crippen molar-refractivity contribution in [3.8, 4) is 0 Å². The van der Waals surface area contributed by atoms with Crippen molar-refractivity contribution in [3.63, 3.8) is 0 Å². The zero-order valence-electron chi connectivity index (χ0n) is 14.1. The van der Waals surface area contributed by atoms with Gasteiger partial charge in [0.05, 0.1) is 11.5 Å². The second-order valence-corrected chi connectivity index (χ2v) is 8.98. The van der Waals surface area contributed by atoms with Crippen molar-refractivity contribution in [1.29, 1.82) is 0 Å². The number of fused-ring (bicyclic) bond motifs is 5. The summed E-state index contributed by atoms with van der Waals surface area (Å²) in [4.78, 5) is 12.2. The molecule has 0 saturated heterocycles. The standard InChI is InChI=1S/C20H30O2/c1-13-10-14-11-15(22)5-9-20(14,12-21)17-6-8-19(2)7-3-4-16(19)18(13)17/h10,12-13,15-18,22H,3-9,11H2,1-2H3/t13-,15?,16+,17+,18+,19+,20-/m1/s1. The van der Waals surface area contributed by atoms with Crippen LogP contribution < -0.4 is 0 Å². The molecule has 0 heterocycles. The molecule has 4 aliphatic carbocycles. The number of aliphatic hydroxyl groups is 1. The Kier molecular flexibility index (Phi) is 3.35. The molecule has 22 heavy (non-hydrogen) atoms. The van der Waals surface area contributed by atoms with Crippen LogP contribution in [0.5, 0.6) is 0 Å². The van der Waals surface area contributed by atoms with E-state index in [9.17, 15) is 9.90 Å². The van der Waals surface area contributed by atoms with Crippen molar-refractivity contribution in [2.45, 2.75) is 71.3 Å². The Bertz CT molecular complexity index is 510. The van der Waals surface area contributed by atoms with Crippen LogP contribution in [0.4, 0.5) is 0 Å². The summed E-state index contributed by atoms with van der Waals surface area (Å²) in [5.41, 5.74) is 1.57. The second-order valence-electron chi connectivity index (χ2n) is 8.98. The van der Waals surface area contributed by atoms with E-state index >= 15 is 0 Å². The third kappa shape index (κ3) is 1.85. The SMILES string of the molecule is C[C@@H]1C=C2CC(O)CC[C@]2(C=O)[C@H]2CC[C@]3(C)CCC[C@H]3[C@H]12. The van der Waals surface area contributed by atoms with Gasteiger partial charge in [0.1, 0.15) is 6.29 Å². The molecule has 0 spiro atoms. The van der Waals surface area contributed by atoms with Gasteiger partial charge in [-0.2, -0.15) is 0 Å². The fourth-order valence-electron chi connectivity index (χ4n) is 6.93. The van der Waals surface area contributed by atoms with Crippen LogP contribution in [0.25, 0.3) is 0 Å². The fourth-order valence-corrected chi connectivity index (χ4v) is 6.93. The molecule has 7 atom stereocenters. The van der Waals surface area contributed by atoms with E-state index < -0.39 is 0 Å². The van der Waals surface area contributed by atoms with E-state index in [2.05, 4.69) is 19.9 Å². The summed E-state index contributed by atoms with van der Waals surface area (Å²) in [7, 11) is 0. The highest BCUT2D eigenvalue weighted by molar-refractivity contribution is 5.67. The molecule has 3 saturated carbocycles. The fraction of sp³-hybridized carbons (Fsp3) is 0.850. The van der Waals surface area contributed by atoms with E-state index in [0.717, 1.165) is 25.2 Å². The van der Waals surface area contributed by atoms with Crippen LogP contribution in [0, 0.1) is 34.5 Å². The number of hydrogen-bond acceptors (Lipinski definition) is 2. The van der Waals surface area contributed by atoms with Crippen LogP contribution in [0.2, 0.25) is 0 Å². The first-order chi connectivity index (χ1) is 10.5. The van der Waals surface area contributed by atoms with Crippen LogP contribution in [-0.2, 0) is 4.79 Å². The summed E-state index contributed by atoms with van der Waals surface area (Å²) in [6.45, 7) is 4.87. The minimum atomic E-state index is -0.236. The summed E-state index contributed by atoms with van der Waals surface area (Å²) in [6.07, 6.45) is 12.5. The molecule has 2 heteroatoms. The summed E-state index contributed by atoms with van der Waals surface area (Å²) in [5, 5.41) is 10.1. The first kappa shape index (κ1) is 14.9. The number of aldehydes is 1. The van der Waals surface area contributed by atoms with Gasteiger partial charge in [0.2, 0.25) is 0 Å². The third-order valence-corrected chi connectivity index (χ3v) is 8.00. The van der Waals surface area contributed by atoms with Gasteiger partial charge in [0.25, 0.3) is 0 Å². The lowest BCUT2D eigenvalue weighted by Crippen LogP contribution is -2.53. The lowest BCUT2D eigenvalue weighted by atomic mass is 9.46. The lowest BCUT2D eigenvalue weighted by Gasteiger charge is -2.58. The zero-order valence-corrected chi connectivity index (χ0v) is 14.1. The van der Waals surface area contributed by atoms with Crippen molar-refractivity contribution in [1.82, 2.24) is 0 Å². The maximum absolute atomic E-state index is 12.2. The van der Waals surface area contributed by atoms with Gasteiger partial charge in [0.15, 0.2) is 0 Å². The van der Waals surface area contributed by atoms with Gasteiger partial charge in [-0.3, -0.25) is 0 Å². The van der Waals surface area contributed by atoms with Crippen molar-refractivity contribution in [2.75, 3.05) is 0 Å². The van der Waals surface area contributed by atoms with E-state index in [1.54, 1.807) is 0 Å². The highest BCUT2D eigenvalue weighted by Gasteiger charge is 2.59. The number of carbonyl (C=O) groups excluding carboxylic acids is 1. The van der Waals surface area contributed by atoms with E-state index in [1.165, 1.54) is 44.0 Å². The molecule has 2 nitrogen and oxygen atoms in total. The van der Waals surface area contributed by atoms with E-state index in [0.29, 0.717) is 23.2 Å². The van der Waals surface area contributed by atoms with Crippen LogP contribution in [-0.4, -0.2) is 17.5 Å². The molecule has 0 aromatic carbocycles. The number of aliphatic hydroxyl groups excluding tert-OH is 1. The van der Waals surface area contributed by atoms with Gasteiger partial charge in [-0.25, -0.2) is 0 Å². The monoisotopic (exact) mass is 302 g/mol. The number of rotatable bonds is 1. The van der Waals surface area contributed by atoms with Crippen LogP contribution in [0.15, 0.2) is 11.6 Å². The van der Waals surface area contributed by atoms with Gasteiger partial charge in [0, 0.05) is 0 Å². The smallest absolute Gasteiger partial charge is 0.130 e. The maximum atomic E-state index is 12.2. The van der Waals surface area contributed by atoms with Crippen molar-refractivity contribution >= 4 is 6.29 Å². The quantitative estimate of drug-likeness (QED) is 0.584. The summed E-state index contributed by atoms with van der Waals surface area (Å²) in [5.74, 6) is 2.60. The first-order valence-corrected chi connectivity index (χ1v) is 9.36. The molecule has 0 aromatic heterocycles. The Morgan fingerprint density at radius 1 is 1.18 bits per heavy atom. The van der Waals surface area contributed by atoms with Crippen molar-refractivity contribution in [3.05, 3.63) is 11.6 Å². The minimum absolute atomic E-state index is 0.233. The van der Waals surface area contributed by atoms with Crippen LogP contribution in [0.3, 0.4) is 0 Å². The second kappa shape index (κ2) is 4.93. The molecule has 0 radical (unpaired) electrons. The average molecular weight is 302 g/mol. The summed E-state index contributed by atoms with van der Waals surface area (Å²) in [6, 6.07) is 0. The van der Waals surface area contributed by atoms with Gasteiger partial charge in [-0.1, -0.05) is 31.9 Å². The van der Waals surface area contributed by atoms with E-state index in [1.807, 2.05) is 0 Å². The molecule has 4 aliphatic rings. The Labute approximate surface area is 134 Å². The topological polar surface area (TPSA) is 37.3 Å². The Hall–Kier alpha value is -0.630. The molecule has 0 aromatic rings.